The van der Waals surface area contributed by atoms with Crippen LogP contribution in [0.4, 0.5) is 0 Å². The van der Waals surface area contributed by atoms with Crippen LogP contribution in [0.2, 0.25) is 0 Å². The number of rotatable bonds is 5. The summed E-state index contributed by atoms with van der Waals surface area (Å²) in [5.74, 6) is 0. The minimum Gasteiger partial charge on any atom is -0.389 e. The third-order valence-corrected chi connectivity index (χ3v) is 4.95. The Hall–Kier alpha value is -1.06. The molecule has 21 heavy (non-hydrogen) atoms. The zero-order valence-corrected chi connectivity index (χ0v) is 13.3. The fourth-order valence-electron chi connectivity index (χ4n) is 1.98. The number of nitrogens with two attached hydrogens (primary N) is 1. The van der Waals surface area contributed by atoms with E-state index in [2.05, 4.69) is 4.72 Å². The van der Waals surface area contributed by atoms with Crippen molar-refractivity contribution < 1.29 is 17.9 Å². The van der Waals surface area contributed by atoms with Crippen LogP contribution in [0, 0.1) is 6.92 Å². The molecule has 0 bridgehead atoms. The maximum absolute atomic E-state index is 12.4. The van der Waals surface area contributed by atoms with E-state index in [9.17, 15) is 8.42 Å². The van der Waals surface area contributed by atoms with Gasteiger partial charge in [0, 0.05) is 12.1 Å². The molecule has 1 atom stereocenters. The molecule has 1 aromatic carbocycles. The van der Waals surface area contributed by atoms with Gasteiger partial charge in [-0.3, -0.25) is 0 Å². The molecule has 0 aromatic heterocycles. The van der Waals surface area contributed by atoms with Gasteiger partial charge in [0.1, 0.15) is 4.99 Å². The Morgan fingerprint density at radius 1 is 1.48 bits per heavy atom. The fourth-order valence-corrected chi connectivity index (χ4v) is 3.44. The predicted molar refractivity (Wildman–Crippen MR) is 82.8 cm³/mol. The van der Waals surface area contributed by atoms with Crippen molar-refractivity contribution in [3.8, 4) is 0 Å². The van der Waals surface area contributed by atoms with Crippen LogP contribution in [0.1, 0.15) is 11.1 Å². The Bertz CT molecular complexity index is 625. The summed E-state index contributed by atoms with van der Waals surface area (Å²) in [6.07, 6.45) is -0.271. The van der Waals surface area contributed by atoms with E-state index in [0.29, 0.717) is 30.9 Å². The summed E-state index contributed by atoms with van der Waals surface area (Å²) in [5, 5.41) is 0. The van der Waals surface area contributed by atoms with Crippen LogP contribution in [0.5, 0.6) is 0 Å². The Morgan fingerprint density at radius 3 is 2.86 bits per heavy atom. The molecule has 6 nitrogen and oxygen atoms in total. The van der Waals surface area contributed by atoms with Gasteiger partial charge in [0.25, 0.3) is 0 Å². The van der Waals surface area contributed by atoms with Crippen molar-refractivity contribution >= 4 is 27.2 Å². The number of thiocarbonyl (C=S) groups is 1. The summed E-state index contributed by atoms with van der Waals surface area (Å²) in [5.41, 5.74) is 6.70. The third kappa shape index (κ3) is 4.21. The first-order valence-corrected chi connectivity index (χ1v) is 8.39. The van der Waals surface area contributed by atoms with Crippen molar-refractivity contribution in [1.82, 2.24) is 4.72 Å². The number of hydrogen-bond acceptors (Lipinski definition) is 5. The van der Waals surface area contributed by atoms with Crippen LogP contribution in [0.3, 0.4) is 0 Å². The van der Waals surface area contributed by atoms with E-state index in [1.165, 1.54) is 6.07 Å². The topological polar surface area (TPSA) is 90.7 Å². The minimum atomic E-state index is -3.65. The monoisotopic (exact) mass is 330 g/mol. The van der Waals surface area contributed by atoms with Crippen molar-refractivity contribution in [2.45, 2.75) is 17.9 Å². The maximum Gasteiger partial charge on any atom is 0.240 e. The number of nitrogens with one attached hydrogen (secondary N) is 1. The van der Waals surface area contributed by atoms with Gasteiger partial charge in [0.05, 0.1) is 30.8 Å². The number of hydrogen-bond donors (Lipinski definition) is 2. The summed E-state index contributed by atoms with van der Waals surface area (Å²) in [4.78, 5) is 0.333. The van der Waals surface area contributed by atoms with Gasteiger partial charge in [-0.05, 0) is 18.6 Å². The van der Waals surface area contributed by atoms with Crippen LogP contribution in [-0.2, 0) is 19.5 Å². The SMILES string of the molecule is Cc1ccc(C(N)=S)cc1S(=O)(=O)NCC1COCCO1. The zero-order valence-electron chi connectivity index (χ0n) is 11.7. The Morgan fingerprint density at radius 2 is 2.24 bits per heavy atom. The first kappa shape index (κ1) is 16.3. The normalized spacial score (nSPS) is 19.4. The highest BCUT2D eigenvalue weighted by Gasteiger charge is 2.21. The molecular weight excluding hydrogens is 312 g/mol. The van der Waals surface area contributed by atoms with Gasteiger partial charge in [-0.2, -0.15) is 0 Å². The highest BCUT2D eigenvalue weighted by Crippen LogP contribution is 2.17. The van der Waals surface area contributed by atoms with Gasteiger partial charge in [-0.1, -0.05) is 24.4 Å². The third-order valence-electron chi connectivity index (χ3n) is 3.15. The first-order valence-electron chi connectivity index (χ1n) is 6.49. The number of aryl methyl sites for hydroxylation is 1. The van der Waals surface area contributed by atoms with Crippen molar-refractivity contribution in [3.63, 3.8) is 0 Å². The van der Waals surface area contributed by atoms with Crippen LogP contribution >= 0.6 is 12.2 Å². The highest BCUT2D eigenvalue weighted by atomic mass is 32.2. The molecule has 0 aliphatic carbocycles. The van der Waals surface area contributed by atoms with E-state index >= 15 is 0 Å². The summed E-state index contributed by atoms with van der Waals surface area (Å²) in [6.45, 7) is 3.28. The van der Waals surface area contributed by atoms with Crippen LogP contribution in [0.25, 0.3) is 0 Å². The van der Waals surface area contributed by atoms with Crippen LogP contribution in [-0.4, -0.2) is 45.9 Å². The molecule has 1 unspecified atom stereocenters. The number of sulfonamides is 1. The lowest BCUT2D eigenvalue weighted by Crippen LogP contribution is -2.39. The molecule has 2 rings (SSSR count). The molecule has 1 saturated heterocycles. The van der Waals surface area contributed by atoms with E-state index in [1.54, 1.807) is 19.1 Å². The minimum absolute atomic E-state index is 0.162. The fraction of sp³-hybridized carbons (Fsp3) is 0.462. The quantitative estimate of drug-likeness (QED) is 0.756. The predicted octanol–water partition coefficient (Wildman–Crippen LogP) is 0.323. The second kappa shape index (κ2) is 6.80. The molecule has 8 heteroatoms. The second-order valence-electron chi connectivity index (χ2n) is 4.76. The van der Waals surface area contributed by atoms with E-state index in [4.69, 9.17) is 27.4 Å². The molecule has 1 heterocycles. The number of ether oxygens (including phenoxy) is 2. The Kier molecular flexibility index (Phi) is 5.28. The highest BCUT2D eigenvalue weighted by molar-refractivity contribution is 7.89. The molecular formula is C13H18N2O4S2. The summed E-state index contributed by atoms with van der Waals surface area (Å²) in [7, 11) is -3.65. The van der Waals surface area contributed by atoms with Gasteiger partial charge < -0.3 is 15.2 Å². The van der Waals surface area contributed by atoms with Crippen molar-refractivity contribution in [2.75, 3.05) is 26.4 Å². The number of benzene rings is 1. The lowest BCUT2D eigenvalue weighted by atomic mass is 10.1. The van der Waals surface area contributed by atoms with E-state index < -0.39 is 10.0 Å². The average Bonchev–Trinajstić information content (AvgIpc) is 2.46. The largest absolute Gasteiger partial charge is 0.389 e. The average molecular weight is 330 g/mol. The molecule has 1 aromatic rings. The molecule has 116 valence electrons. The molecule has 0 saturated carbocycles. The summed E-state index contributed by atoms with van der Waals surface area (Å²) in [6, 6.07) is 4.87. The summed E-state index contributed by atoms with van der Waals surface area (Å²) >= 11 is 4.88. The Labute approximate surface area is 129 Å². The maximum atomic E-state index is 12.4. The standard InChI is InChI=1S/C13H18N2O4S2/c1-9-2-3-10(13(14)20)6-12(9)21(16,17)15-7-11-8-18-4-5-19-11/h2-3,6,11,15H,4-5,7-8H2,1H3,(H2,14,20). The molecule has 0 spiro atoms. The molecule has 1 aliphatic heterocycles. The van der Waals surface area contributed by atoms with E-state index in [0.717, 1.165) is 0 Å². The molecule has 1 aliphatic rings. The van der Waals surface area contributed by atoms with E-state index in [1.807, 2.05) is 0 Å². The van der Waals surface area contributed by atoms with Gasteiger partial charge in [0.15, 0.2) is 0 Å². The van der Waals surface area contributed by atoms with Gasteiger partial charge in [-0.25, -0.2) is 13.1 Å². The van der Waals surface area contributed by atoms with Crippen molar-refractivity contribution in [3.05, 3.63) is 29.3 Å². The molecule has 0 radical (unpaired) electrons. The van der Waals surface area contributed by atoms with Crippen molar-refractivity contribution in [1.29, 1.82) is 0 Å². The smallest absolute Gasteiger partial charge is 0.240 e. The zero-order chi connectivity index (χ0) is 15.5. The van der Waals surface area contributed by atoms with Crippen molar-refractivity contribution in [2.24, 2.45) is 5.73 Å². The summed E-state index contributed by atoms with van der Waals surface area (Å²) < 4.78 is 37.9. The first-order chi connectivity index (χ1) is 9.90. The van der Waals surface area contributed by atoms with Crippen LogP contribution in [0.15, 0.2) is 23.1 Å². The molecule has 0 amide bonds. The molecule has 3 N–H and O–H groups in total. The molecule has 1 fully saturated rings. The Balaban J connectivity index is 2.14. The van der Waals surface area contributed by atoms with E-state index in [-0.39, 0.29) is 22.5 Å². The lowest BCUT2D eigenvalue weighted by Gasteiger charge is -2.23. The second-order valence-corrected chi connectivity index (χ2v) is 6.94. The van der Waals surface area contributed by atoms with Crippen LogP contribution < -0.4 is 10.5 Å². The lowest BCUT2D eigenvalue weighted by molar-refractivity contribution is -0.0846. The van der Waals surface area contributed by atoms with Gasteiger partial charge >= 0.3 is 0 Å². The van der Waals surface area contributed by atoms with Gasteiger partial charge in [0.2, 0.25) is 10.0 Å². The van der Waals surface area contributed by atoms with Gasteiger partial charge in [-0.15, -0.1) is 0 Å².